The van der Waals surface area contributed by atoms with Gasteiger partial charge in [-0.15, -0.1) is 11.8 Å². The molecule has 1 saturated heterocycles. The van der Waals surface area contributed by atoms with Gasteiger partial charge in [0.25, 0.3) is 0 Å². The van der Waals surface area contributed by atoms with Crippen LogP contribution in [-0.2, 0) is 4.74 Å². The van der Waals surface area contributed by atoms with E-state index in [9.17, 15) is 15.3 Å². The standard InChI is InChI=1S/C11H13IO4S/c12-6-1-3-7(4-2-6)17-5-8-9(13)10(14)11(15)16-8/h1-4,8-11,13-15H,5H2/t8-,9-,10-,11?/m1/s1. The Morgan fingerprint density at radius 3 is 2.29 bits per heavy atom. The van der Waals surface area contributed by atoms with Crippen molar-refractivity contribution in [2.75, 3.05) is 5.75 Å². The van der Waals surface area contributed by atoms with E-state index in [0.29, 0.717) is 5.75 Å². The molecule has 1 aliphatic heterocycles. The lowest BCUT2D eigenvalue weighted by atomic mass is 10.2. The van der Waals surface area contributed by atoms with Gasteiger partial charge in [0.1, 0.15) is 12.2 Å². The summed E-state index contributed by atoms with van der Waals surface area (Å²) >= 11 is 3.76. The fraction of sp³-hybridized carbons (Fsp3) is 0.455. The van der Waals surface area contributed by atoms with E-state index >= 15 is 0 Å². The van der Waals surface area contributed by atoms with Crippen molar-refractivity contribution in [1.29, 1.82) is 0 Å². The van der Waals surface area contributed by atoms with E-state index in [1.807, 2.05) is 24.3 Å². The number of rotatable bonds is 3. The largest absolute Gasteiger partial charge is 0.387 e. The van der Waals surface area contributed by atoms with Gasteiger partial charge >= 0.3 is 0 Å². The zero-order valence-corrected chi connectivity index (χ0v) is 11.8. The number of hydrogen-bond donors (Lipinski definition) is 3. The van der Waals surface area contributed by atoms with E-state index in [4.69, 9.17) is 4.74 Å². The van der Waals surface area contributed by atoms with Crippen molar-refractivity contribution < 1.29 is 20.1 Å². The summed E-state index contributed by atoms with van der Waals surface area (Å²) in [6.07, 6.45) is -4.06. The average Bonchev–Trinajstić information content (AvgIpc) is 2.56. The summed E-state index contributed by atoms with van der Waals surface area (Å²) in [7, 11) is 0. The van der Waals surface area contributed by atoms with E-state index in [0.717, 1.165) is 8.47 Å². The summed E-state index contributed by atoms with van der Waals surface area (Å²) in [5, 5.41) is 28.2. The Hall–Kier alpha value is 0.140. The number of ether oxygens (including phenoxy) is 1. The molecule has 0 bridgehead atoms. The molecule has 1 aromatic rings. The summed E-state index contributed by atoms with van der Waals surface area (Å²) in [5.41, 5.74) is 0. The molecule has 2 rings (SSSR count). The first-order chi connectivity index (χ1) is 8.08. The molecule has 1 aliphatic rings. The van der Waals surface area contributed by atoms with Gasteiger partial charge in [0.2, 0.25) is 0 Å². The third kappa shape index (κ3) is 3.33. The van der Waals surface area contributed by atoms with Gasteiger partial charge in [-0.2, -0.15) is 0 Å². The first kappa shape index (κ1) is 13.6. The minimum Gasteiger partial charge on any atom is -0.387 e. The summed E-state index contributed by atoms with van der Waals surface area (Å²) in [6.45, 7) is 0. The van der Waals surface area contributed by atoms with E-state index in [-0.39, 0.29) is 0 Å². The van der Waals surface area contributed by atoms with Crippen LogP contribution < -0.4 is 0 Å². The molecule has 6 heteroatoms. The molecule has 0 aromatic heterocycles. The van der Waals surface area contributed by atoms with Gasteiger partial charge in [-0.05, 0) is 46.9 Å². The molecule has 1 unspecified atom stereocenters. The van der Waals surface area contributed by atoms with Gasteiger partial charge in [-0.3, -0.25) is 0 Å². The van der Waals surface area contributed by atoms with Crippen molar-refractivity contribution in [1.82, 2.24) is 0 Å². The second-order valence-electron chi connectivity index (χ2n) is 3.81. The molecule has 1 fully saturated rings. The van der Waals surface area contributed by atoms with Crippen LogP contribution in [0.4, 0.5) is 0 Å². The van der Waals surface area contributed by atoms with Crippen molar-refractivity contribution in [2.45, 2.75) is 29.5 Å². The number of thioether (sulfide) groups is 1. The third-order valence-electron chi connectivity index (χ3n) is 2.57. The minimum absolute atomic E-state index is 0.496. The smallest absolute Gasteiger partial charge is 0.183 e. The quantitative estimate of drug-likeness (QED) is 0.545. The van der Waals surface area contributed by atoms with Crippen LogP contribution >= 0.6 is 34.4 Å². The van der Waals surface area contributed by atoms with Crippen molar-refractivity contribution >= 4 is 34.4 Å². The molecule has 0 radical (unpaired) electrons. The van der Waals surface area contributed by atoms with Gasteiger partial charge in [0.05, 0.1) is 6.10 Å². The van der Waals surface area contributed by atoms with E-state index in [1.54, 1.807) is 0 Å². The van der Waals surface area contributed by atoms with Gasteiger partial charge in [-0.1, -0.05) is 0 Å². The lowest BCUT2D eigenvalue weighted by Gasteiger charge is -2.13. The monoisotopic (exact) mass is 368 g/mol. The lowest BCUT2D eigenvalue weighted by Crippen LogP contribution is -2.33. The highest BCUT2D eigenvalue weighted by Crippen LogP contribution is 2.26. The Morgan fingerprint density at radius 1 is 1.12 bits per heavy atom. The van der Waals surface area contributed by atoms with Gasteiger partial charge in [0, 0.05) is 14.2 Å². The number of aliphatic hydroxyl groups excluding tert-OH is 3. The molecule has 0 saturated carbocycles. The predicted octanol–water partition coefficient (Wildman–Crippen LogP) is 0.822. The molecule has 4 nitrogen and oxygen atoms in total. The second kappa shape index (κ2) is 5.85. The zero-order valence-electron chi connectivity index (χ0n) is 8.86. The SMILES string of the molecule is OC1O[C@H](CSc2ccc(I)cc2)[C@@H](O)[C@H]1O. The maximum absolute atomic E-state index is 9.60. The van der Waals surface area contributed by atoms with Crippen LogP contribution in [0.1, 0.15) is 0 Å². The Balaban J connectivity index is 1.88. The Bertz CT molecular complexity index is 372. The number of hydrogen-bond acceptors (Lipinski definition) is 5. The van der Waals surface area contributed by atoms with Crippen molar-refractivity contribution in [3.8, 4) is 0 Å². The van der Waals surface area contributed by atoms with Gasteiger partial charge in [0.15, 0.2) is 6.29 Å². The first-order valence-corrected chi connectivity index (χ1v) is 7.22. The highest BCUT2D eigenvalue weighted by atomic mass is 127. The molecule has 0 amide bonds. The molecular formula is C11H13IO4S. The molecular weight excluding hydrogens is 355 g/mol. The molecule has 0 aliphatic carbocycles. The zero-order chi connectivity index (χ0) is 12.4. The average molecular weight is 368 g/mol. The maximum Gasteiger partial charge on any atom is 0.183 e. The van der Waals surface area contributed by atoms with Gasteiger partial charge < -0.3 is 20.1 Å². The predicted molar refractivity (Wildman–Crippen MR) is 72.8 cm³/mol. The third-order valence-corrected chi connectivity index (χ3v) is 4.38. The normalized spacial score (nSPS) is 32.9. The topological polar surface area (TPSA) is 69.9 Å². The summed E-state index contributed by atoms with van der Waals surface area (Å²) in [5.74, 6) is 0.496. The van der Waals surface area contributed by atoms with Crippen LogP contribution in [0, 0.1) is 3.57 Å². The highest BCUT2D eigenvalue weighted by molar-refractivity contribution is 14.1. The van der Waals surface area contributed by atoms with Crippen LogP contribution in [0.25, 0.3) is 0 Å². The lowest BCUT2D eigenvalue weighted by molar-refractivity contribution is -0.123. The van der Waals surface area contributed by atoms with Crippen molar-refractivity contribution in [3.05, 3.63) is 27.8 Å². The maximum atomic E-state index is 9.60. The molecule has 4 atom stereocenters. The van der Waals surface area contributed by atoms with Crippen molar-refractivity contribution in [2.24, 2.45) is 0 Å². The Labute approximate surface area is 117 Å². The number of halogens is 1. The van der Waals surface area contributed by atoms with Crippen LogP contribution in [0.5, 0.6) is 0 Å². The summed E-state index contributed by atoms with van der Waals surface area (Å²) in [4.78, 5) is 1.07. The second-order valence-corrected chi connectivity index (χ2v) is 6.15. The Kier molecular flexibility index (Phi) is 4.67. The number of benzene rings is 1. The van der Waals surface area contributed by atoms with Crippen LogP contribution in [0.15, 0.2) is 29.2 Å². The molecule has 1 aromatic carbocycles. The summed E-state index contributed by atoms with van der Waals surface area (Å²) < 4.78 is 6.23. The van der Waals surface area contributed by atoms with E-state index < -0.39 is 24.6 Å². The van der Waals surface area contributed by atoms with E-state index in [1.165, 1.54) is 11.8 Å². The first-order valence-electron chi connectivity index (χ1n) is 5.16. The molecule has 3 N–H and O–H groups in total. The molecule has 1 heterocycles. The van der Waals surface area contributed by atoms with Crippen LogP contribution in [0.3, 0.4) is 0 Å². The summed E-state index contributed by atoms with van der Waals surface area (Å²) in [6, 6.07) is 7.97. The molecule has 17 heavy (non-hydrogen) atoms. The fourth-order valence-corrected chi connectivity index (χ4v) is 2.90. The fourth-order valence-electron chi connectivity index (χ4n) is 1.58. The number of aliphatic hydroxyl groups is 3. The van der Waals surface area contributed by atoms with Gasteiger partial charge in [-0.25, -0.2) is 0 Å². The van der Waals surface area contributed by atoms with Crippen LogP contribution in [-0.4, -0.2) is 45.7 Å². The Morgan fingerprint density at radius 2 is 1.76 bits per heavy atom. The molecule has 0 spiro atoms. The molecule has 94 valence electrons. The van der Waals surface area contributed by atoms with Crippen molar-refractivity contribution in [3.63, 3.8) is 0 Å². The minimum atomic E-state index is -1.28. The van der Waals surface area contributed by atoms with E-state index in [2.05, 4.69) is 22.6 Å². The highest BCUT2D eigenvalue weighted by Gasteiger charge is 2.41. The van der Waals surface area contributed by atoms with Crippen LogP contribution in [0.2, 0.25) is 0 Å².